The van der Waals surface area contributed by atoms with E-state index in [0.29, 0.717) is 30.5 Å². The maximum atomic E-state index is 13.7. The molecule has 0 unspecified atom stereocenters. The first kappa shape index (κ1) is 28.0. The molecule has 5 rings (SSSR count). The van der Waals surface area contributed by atoms with E-state index in [4.69, 9.17) is 4.74 Å². The van der Waals surface area contributed by atoms with Crippen molar-refractivity contribution in [2.75, 3.05) is 7.11 Å². The molecule has 2 heterocycles. The van der Waals surface area contributed by atoms with Crippen LogP contribution in [0.4, 0.5) is 13.2 Å². The molecule has 0 saturated carbocycles. The van der Waals surface area contributed by atoms with E-state index in [1.807, 2.05) is 31.2 Å². The van der Waals surface area contributed by atoms with Crippen molar-refractivity contribution in [2.24, 2.45) is 0 Å². The van der Waals surface area contributed by atoms with Gasteiger partial charge in [0.05, 0.1) is 30.4 Å². The molecule has 2 aromatic carbocycles. The maximum Gasteiger partial charge on any atom is 0.416 e. The Kier molecular flexibility index (Phi) is 7.62. The molecule has 0 aliphatic heterocycles. The van der Waals surface area contributed by atoms with E-state index in [0.717, 1.165) is 45.6 Å². The molecule has 210 valence electrons. The van der Waals surface area contributed by atoms with Crippen molar-refractivity contribution in [3.05, 3.63) is 117 Å². The number of alkyl halides is 3. The summed E-state index contributed by atoms with van der Waals surface area (Å²) in [7, 11) is 1.35. The third kappa shape index (κ3) is 6.29. The Bertz CT molecular complexity index is 1690. The average Bonchev–Trinajstić information content (AvgIpc) is 3.58. The fourth-order valence-electron chi connectivity index (χ4n) is 4.93. The molecule has 41 heavy (non-hydrogen) atoms. The standard InChI is InChI=1S/C32H28F3N3O3/c1-19-4-5-21(6-7-22-9-24-10-26(31(40)41-3)13-29(24)36-16-22)8-23(19)14-30(39)25-11-27(32(33,34)35)15-28(12-25)38-17-20(2)37-18-38/h4-5,8-12,15-18H,6-7,13-14H2,1-3H3. The summed E-state index contributed by atoms with van der Waals surface area (Å²) >= 11 is 0. The summed E-state index contributed by atoms with van der Waals surface area (Å²) in [5.74, 6) is -0.755. The van der Waals surface area contributed by atoms with Crippen LogP contribution in [0.2, 0.25) is 0 Å². The molecular weight excluding hydrogens is 531 g/mol. The molecule has 0 amide bonds. The number of benzene rings is 2. The number of ether oxygens (including phenoxy) is 1. The SMILES string of the molecule is COC(=O)C1=Cc2cc(CCc3ccc(C)c(CC(=O)c4cc(-n5cnc(C)c5)cc(C(F)(F)F)c4)c3)cnc2C1. The van der Waals surface area contributed by atoms with Gasteiger partial charge in [0.2, 0.25) is 0 Å². The van der Waals surface area contributed by atoms with Crippen molar-refractivity contribution >= 4 is 17.8 Å². The van der Waals surface area contributed by atoms with Crippen LogP contribution in [0.1, 0.15) is 55.1 Å². The first-order valence-electron chi connectivity index (χ1n) is 13.1. The molecular formula is C32H28F3N3O3. The summed E-state index contributed by atoms with van der Waals surface area (Å²) in [6.07, 6.45) is 3.86. The van der Waals surface area contributed by atoms with Gasteiger partial charge in [0.25, 0.3) is 0 Å². The minimum Gasteiger partial charge on any atom is -0.466 e. The number of ketones is 1. The smallest absolute Gasteiger partial charge is 0.416 e. The number of esters is 1. The van der Waals surface area contributed by atoms with Crippen molar-refractivity contribution in [3.63, 3.8) is 0 Å². The van der Waals surface area contributed by atoms with Crippen LogP contribution in [0, 0.1) is 13.8 Å². The zero-order valence-electron chi connectivity index (χ0n) is 22.9. The molecule has 6 nitrogen and oxygen atoms in total. The van der Waals surface area contributed by atoms with Crippen LogP contribution in [-0.4, -0.2) is 33.4 Å². The van der Waals surface area contributed by atoms with E-state index >= 15 is 0 Å². The topological polar surface area (TPSA) is 74.1 Å². The van der Waals surface area contributed by atoms with E-state index in [2.05, 4.69) is 9.97 Å². The number of hydrogen-bond donors (Lipinski definition) is 0. The lowest BCUT2D eigenvalue weighted by Gasteiger charge is -2.13. The first-order valence-corrected chi connectivity index (χ1v) is 13.1. The fourth-order valence-corrected chi connectivity index (χ4v) is 4.93. The van der Waals surface area contributed by atoms with Gasteiger partial charge in [0.1, 0.15) is 0 Å². The van der Waals surface area contributed by atoms with Crippen LogP contribution >= 0.6 is 0 Å². The van der Waals surface area contributed by atoms with Crippen LogP contribution in [0.15, 0.2) is 66.8 Å². The quantitative estimate of drug-likeness (QED) is 0.189. The number of hydrogen-bond acceptors (Lipinski definition) is 5. The summed E-state index contributed by atoms with van der Waals surface area (Å²) in [6, 6.07) is 11.3. The number of carbonyl (C=O) groups is 2. The van der Waals surface area contributed by atoms with Gasteiger partial charge in [-0.1, -0.05) is 18.2 Å². The fraction of sp³-hybridized carbons (Fsp3) is 0.250. The third-order valence-corrected chi connectivity index (χ3v) is 7.24. The van der Waals surface area contributed by atoms with Crippen LogP contribution in [0.3, 0.4) is 0 Å². The molecule has 0 saturated heterocycles. The second-order valence-electron chi connectivity index (χ2n) is 10.3. The normalized spacial score (nSPS) is 12.7. The van der Waals surface area contributed by atoms with Crippen LogP contribution in [-0.2, 0) is 41.4 Å². The Morgan fingerprint density at radius 2 is 1.78 bits per heavy atom. The molecule has 0 spiro atoms. The molecule has 2 aromatic heterocycles. The monoisotopic (exact) mass is 559 g/mol. The summed E-state index contributed by atoms with van der Waals surface area (Å²) < 4.78 is 47.3. The van der Waals surface area contributed by atoms with Gasteiger partial charge in [-0.2, -0.15) is 13.2 Å². The highest BCUT2D eigenvalue weighted by molar-refractivity contribution is 5.98. The maximum absolute atomic E-state index is 13.7. The number of imidazole rings is 1. The zero-order chi connectivity index (χ0) is 29.3. The number of nitrogens with zero attached hydrogens (tertiary/aromatic N) is 3. The van der Waals surface area contributed by atoms with Crippen molar-refractivity contribution < 1.29 is 27.5 Å². The number of pyridine rings is 1. The zero-order valence-corrected chi connectivity index (χ0v) is 22.9. The highest BCUT2D eigenvalue weighted by Gasteiger charge is 2.32. The largest absolute Gasteiger partial charge is 0.466 e. The van der Waals surface area contributed by atoms with Crippen LogP contribution in [0.25, 0.3) is 11.8 Å². The minimum absolute atomic E-state index is 0.00502. The Labute approximate surface area is 235 Å². The van der Waals surface area contributed by atoms with E-state index in [-0.39, 0.29) is 23.6 Å². The molecule has 1 aliphatic carbocycles. The van der Waals surface area contributed by atoms with Gasteiger partial charge in [-0.05, 0) is 84.8 Å². The van der Waals surface area contributed by atoms with E-state index in [1.54, 1.807) is 25.4 Å². The van der Waals surface area contributed by atoms with Crippen molar-refractivity contribution in [1.82, 2.24) is 14.5 Å². The van der Waals surface area contributed by atoms with Gasteiger partial charge in [-0.3, -0.25) is 9.78 Å². The molecule has 1 aliphatic rings. The number of Topliss-reactive ketones (excluding diaryl/α,β-unsaturated/α-hetero) is 1. The number of methoxy groups -OCH3 is 1. The molecule has 4 aromatic rings. The van der Waals surface area contributed by atoms with Gasteiger partial charge >= 0.3 is 12.1 Å². The molecule has 0 bridgehead atoms. The van der Waals surface area contributed by atoms with Crippen molar-refractivity contribution in [1.29, 1.82) is 0 Å². The summed E-state index contributed by atoms with van der Waals surface area (Å²) in [6.45, 7) is 3.62. The second kappa shape index (κ2) is 11.2. The Hall–Kier alpha value is -4.53. The summed E-state index contributed by atoms with van der Waals surface area (Å²) in [5, 5.41) is 0. The van der Waals surface area contributed by atoms with E-state index < -0.39 is 17.5 Å². The molecule has 0 N–H and O–H groups in total. The van der Waals surface area contributed by atoms with E-state index in [9.17, 15) is 22.8 Å². The number of aryl methyl sites for hydroxylation is 4. The molecule has 0 radical (unpaired) electrons. The first-order chi connectivity index (χ1) is 19.5. The number of aromatic nitrogens is 3. The van der Waals surface area contributed by atoms with Gasteiger partial charge in [0, 0.05) is 42.1 Å². The van der Waals surface area contributed by atoms with Gasteiger partial charge in [-0.25, -0.2) is 9.78 Å². The number of fused-ring (bicyclic) bond motifs is 1. The van der Waals surface area contributed by atoms with Gasteiger partial charge in [0.15, 0.2) is 5.78 Å². The van der Waals surface area contributed by atoms with Gasteiger partial charge < -0.3 is 9.30 Å². The average molecular weight is 560 g/mol. The number of carbonyl (C=O) groups excluding carboxylic acids is 2. The molecule has 0 fully saturated rings. The third-order valence-electron chi connectivity index (χ3n) is 7.24. The predicted molar refractivity (Wildman–Crippen MR) is 148 cm³/mol. The van der Waals surface area contributed by atoms with Crippen molar-refractivity contribution in [2.45, 2.75) is 45.7 Å². The Balaban J connectivity index is 1.33. The highest BCUT2D eigenvalue weighted by Crippen LogP contribution is 2.32. The van der Waals surface area contributed by atoms with Crippen LogP contribution in [0.5, 0.6) is 0 Å². The summed E-state index contributed by atoms with van der Waals surface area (Å²) in [4.78, 5) is 33.7. The highest BCUT2D eigenvalue weighted by atomic mass is 19.4. The predicted octanol–water partition coefficient (Wildman–Crippen LogP) is 6.23. The molecule has 0 atom stereocenters. The second-order valence-corrected chi connectivity index (χ2v) is 10.3. The number of halogens is 3. The lowest BCUT2D eigenvalue weighted by atomic mass is 9.94. The van der Waals surface area contributed by atoms with Crippen molar-refractivity contribution in [3.8, 4) is 5.69 Å². The summed E-state index contributed by atoms with van der Waals surface area (Å²) in [5.41, 5.74) is 5.98. The lowest BCUT2D eigenvalue weighted by Crippen LogP contribution is -2.11. The van der Waals surface area contributed by atoms with E-state index in [1.165, 1.54) is 24.1 Å². The van der Waals surface area contributed by atoms with Crippen LogP contribution < -0.4 is 0 Å². The Morgan fingerprint density at radius 3 is 2.49 bits per heavy atom. The Morgan fingerprint density at radius 1 is 1.00 bits per heavy atom. The lowest BCUT2D eigenvalue weighted by molar-refractivity contribution is -0.138. The number of rotatable bonds is 8. The minimum atomic E-state index is -4.60. The molecule has 9 heteroatoms. The van der Waals surface area contributed by atoms with Gasteiger partial charge in [-0.15, -0.1) is 0 Å².